The van der Waals surface area contributed by atoms with Crippen molar-refractivity contribution in [3.05, 3.63) is 40.6 Å². The molecule has 4 nitrogen and oxygen atoms in total. The van der Waals surface area contributed by atoms with Gasteiger partial charge in [-0.05, 0) is 30.7 Å². The van der Waals surface area contributed by atoms with Gasteiger partial charge in [-0.15, -0.1) is 0 Å². The van der Waals surface area contributed by atoms with Crippen molar-refractivity contribution < 1.29 is 18.7 Å². The van der Waals surface area contributed by atoms with Crippen molar-refractivity contribution in [2.75, 3.05) is 7.11 Å². The van der Waals surface area contributed by atoms with Crippen LogP contribution in [-0.4, -0.2) is 34.2 Å². The molecule has 2 rings (SSSR count). The highest BCUT2D eigenvalue weighted by molar-refractivity contribution is 8.26. The maximum Gasteiger partial charge on any atom is 0.328 e. The first-order chi connectivity index (χ1) is 9.93. The van der Waals surface area contributed by atoms with Gasteiger partial charge >= 0.3 is 5.97 Å². The summed E-state index contributed by atoms with van der Waals surface area (Å²) in [6.07, 6.45) is 1.55. The van der Waals surface area contributed by atoms with Crippen LogP contribution in [0.5, 0.6) is 0 Å². The molecule has 0 aliphatic carbocycles. The molecule has 1 fully saturated rings. The second kappa shape index (κ2) is 6.36. The highest BCUT2D eigenvalue weighted by Crippen LogP contribution is 2.34. The van der Waals surface area contributed by atoms with Crippen LogP contribution in [0.1, 0.15) is 12.5 Å². The molecule has 1 aromatic carbocycles. The number of nitrogens with zero attached hydrogens (tertiary/aromatic N) is 1. The van der Waals surface area contributed by atoms with Gasteiger partial charge in [0, 0.05) is 0 Å². The van der Waals surface area contributed by atoms with Gasteiger partial charge in [-0.1, -0.05) is 36.1 Å². The Hall–Kier alpha value is -1.73. The fourth-order valence-electron chi connectivity index (χ4n) is 1.84. The van der Waals surface area contributed by atoms with Gasteiger partial charge < -0.3 is 4.74 Å². The first kappa shape index (κ1) is 15.7. The highest BCUT2D eigenvalue weighted by Gasteiger charge is 2.38. The van der Waals surface area contributed by atoms with E-state index in [-0.39, 0.29) is 16.0 Å². The predicted octanol–water partition coefficient (Wildman–Crippen LogP) is 2.59. The lowest BCUT2D eigenvalue weighted by atomic mass is 10.2. The number of benzene rings is 1. The van der Waals surface area contributed by atoms with Crippen molar-refractivity contribution >= 4 is 46.3 Å². The van der Waals surface area contributed by atoms with E-state index in [1.54, 1.807) is 25.1 Å². The zero-order valence-corrected chi connectivity index (χ0v) is 13.0. The van der Waals surface area contributed by atoms with Crippen LogP contribution in [0.15, 0.2) is 29.2 Å². The van der Waals surface area contributed by atoms with Gasteiger partial charge in [-0.2, -0.15) is 0 Å². The van der Waals surface area contributed by atoms with Crippen LogP contribution in [0.4, 0.5) is 4.39 Å². The van der Waals surface area contributed by atoms with Crippen molar-refractivity contribution in [1.29, 1.82) is 0 Å². The van der Waals surface area contributed by atoms with E-state index in [1.807, 2.05) is 0 Å². The molecule has 0 spiro atoms. The quantitative estimate of drug-likeness (QED) is 0.486. The van der Waals surface area contributed by atoms with Gasteiger partial charge in [-0.25, -0.2) is 9.18 Å². The van der Waals surface area contributed by atoms with E-state index in [0.29, 0.717) is 10.5 Å². The Bertz CT molecular complexity index is 645. The van der Waals surface area contributed by atoms with Crippen molar-refractivity contribution in [1.82, 2.24) is 4.90 Å². The molecule has 1 saturated heterocycles. The van der Waals surface area contributed by atoms with Crippen LogP contribution in [0.3, 0.4) is 0 Å². The Balaban J connectivity index is 2.28. The normalized spacial score (nSPS) is 18.2. The van der Waals surface area contributed by atoms with E-state index in [2.05, 4.69) is 4.74 Å². The summed E-state index contributed by atoms with van der Waals surface area (Å²) in [5.74, 6) is -1.31. The third-order valence-electron chi connectivity index (χ3n) is 2.90. The molecule has 110 valence electrons. The number of rotatable bonds is 3. The summed E-state index contributed by atoms with van der Waals surface area (Å²) >= 11 is 6.20. The first-order valence-corrected chi connectivity index (χ1v) is 7.27. The van der Waals surface area contributed by atoms with Gasteiger partial charge in [0.2, 0.25) is 0 Å². The van der Waals surface area contributed by atoms with Crippen LogP contribution in [0.2, 0.25) is 0 Å². The molecule has 0 bridgehead atoms. The smallest absolute Gasteiger partial charge is 0.328 e. The predicted molar refractivity (Wildman–Crippen MR) is 82.9 cm³/mol. The molecule has 7 heteroatoms. The van der Waals surface area contributed by atoms with Crippen LogP contribution in [0, 0.1) is 5.82 Å². The number of methoxy groups -OCH3 is 1. The molecule has 21 heavy (non-hydrogen) atoms. The molecule has 1 aliphatic rings. The Labute approximate surface area is 130 Å². The minimum Gasteiger partial charge on any atom is -0.467 e. The molecular formula is C14H12FNO3S2. The highest BCUT2D eigenvalue weighted by atomic mass is 32.2. The van der Waals surface area contributed by atoms with E-state index in [0.717, 1.165) is 11.8 Å². The summed E-state index contributed by atoms with van der Waals surface area (Å²) in [6, 6.07) is 5.08. The van der Waals surface area contributed by atoms with Crippen molar-refractivity contribution in [3.63, 3.8) is 0 Å². The third-order valence-corrected chi connectivity index (χ3v) is 4.23. The summed E-state index contributed by atoms with van der Waals surface area (Å²) in [4.78, 5) is 25.4. The summed E-state index contributed by atoms with van der Waals surface area (Å²) in [6.45, 7) is 1.54. The Kier molecular flexibility index (Phi) is 4.74. The second-order valence-electron chi connectivity index (χ2n) is 4.31. The largest absolute Gasteiger partial charge is 0.467 e. The molecule has 1 heterocycles. The molecule has 0 radical (unpaired) electrons. The lowest BCUT2D eigenvalue weighted by Gasteiger charge is -2.20. The standard InChI is InChI=1S/C14H12FNO3S2/c1-8(13(18)19-2)16-12(17)11(21-14(16)20)7-9-4-3-5-10(15)6-9/h3-8H,1-2H3/b11-7-. The van der Waals surface area contributed by atoms with E-state index >= 15 is 0 Å². The van der Waals surface area contributed by atoms with E-state index in [4.69, 9.17) is 12.2 Å². The maximum atomic E-state index is 13.2. The number of amides is 1. The van der Waals surface area contributed by atoms with Crippen molar-refractivity contribution in [2.24, 2.45) is 0 Å². The van der Waals surface area contributed by atoms with Crippen molar-refractivity contribution in [2.45, 2.75) is 13.0 Å². The molecule has 1 amide bonds. The fourth-order valence-corrected chi connectivity index (χ4v) is 3.26. The lowest BCUT2D eigenvalue weighted by molar-refractivity contribution is -0.147. The maximum absolute atomic E-state index is 13.2. The number of carbonyl (C=O) groups excluding carboxylic acids is 2. The number of hydrogen-bond donors (Lipinski definition) is 0. The van der Waals surface area contributed by atoms with Crippen LogP contribution < -0.4 is 0 Å². The number of hydrogen-bond acceptors (Lipinski definition) is 5. The summed E-state index contributed by atoms with van der Waals surface area (Å²) in [5, 5.41) is 0. The lowest BCUT2D eigenvalue weighted by Crippen LogP contribution is -2.42. The number of carbonyl (C=O) groups is 2. The Morgan fingerprint density at radius 2 is 2.24 bits per heavy atom. The monoisotopic (exact) mass is 325 g/mol. The van der Waals surface area contributed by atoms with E-state index in [9.17, 15) is 14.0 Å². The van der Waals surface area contributed by atoms with E-state index < -0.39 is 12.0 Å². The average molecular weight is 325 g/mol. The topological polar surface area (TPSA) is 46.6 Å². The minimum atomic E-state index is -0.791. The molecule has 1 aliphatic heterocycles. The molecular weight excluding hydrogens is 313 g/mol. The molecule has 0 N–H and O–H groups in total. The van der Waals surface area contributed by atoms with Crippen LogP contribution >= 0.6 is 24.0 Å². The minimum absolute atomic E-state index is 0.278. The zero-order chi connectivity index (χ0) is 15.6. The van der Waals surface area contributed by atoms with Crippen LogP contribution in [0.25, 0.3) is 6.08 Å². The first-order valence-electron chi connectivity index (χ1n) is 6.04. The fraction of sp³-hybridized carbons (Fsp3) is 0.214. The molecule has 1 unspecified atom stereocenters. The number of thioether (sulfide) groups is 1. The number of halogens is 1. The van der Waals surface area contributed by atoms with Gasteiger partial charge in [0.25, 0.3) is 5.91 Å². The number of ether oxygens (including phenoxy) is 1. The van der Waals surface area contributed by atoms with Gasteiger partial charge in [0.15, 0.2) is 0 Å². The summed E-state index contributed by atoms with van der Waals surface area (Å²) in [5.41, 5.74) is 0.557. The Morgan fingerprint density at radius 1 is 1.52 bits per heavy atom. The van der Waals surface area contributed by atoms with Gasteiger partial charge in [-0.3, -0.25) is 9.69 Å². The van der Waals surface area contributed by atoms with Crippen molar-refractivity contribution in [3.8, 4) is 0 Å². The average Bonchev–Trinajstić information content (AvgIpc) is 2.72. The van der Waals surface area contributed by atoms with Crippen LogP contribution in [-0.2, 0) is 14.3 Å². The molecule has 1 atom stereocenters. The summed E-state index contributed by atoms with van der Waals surface area (Å²) < 4.78 is 18.1. The summed E-state index contributed by atoms with van der Waals surface area (Å²) in [7, 11) is 1.25. The van der Waals surface area contributed by atoms with E-state index in [1.165, 1.54) is 24.1 Å². The van der Waals surface area contributed by atoms with Gasteiger partial charge in [0.1, 0.15) is 16.2 Å². The Morgan fingerprint density at radius 3 is 2.86 bits per heavy atom. The molecule has 0 aromatic heterocycles. The molecule has 1 aromatic rings. The third kappa shape index (κ3) is 3.30. The number of thiocarbonyl (C=S) groups is 1. The SMILES string of the molecule is COC(=O)C(C)N1C(=O)/C(=C/c2cccc(F)c2)SC1=S. The molecule has 0 saturated carbocycles. The zero-order valence-electron chi connectivity index (χ0n) is 11.3. The second-order valence-corrected chi connectivity index (χ2v) is 5.98. The van der Waals surface area contributed by atoms with Gasteiger partial charge in [0.05, 0.1) is 12.0 Å². The number of esters is 1.